The highest BCUT2D eigenvalue weighted by atomic mass is 32.2. The molecular formula is C28H29F2NO6S. The van der Waals surface area contributed by atoms with Crippen molar-refractivity contribution >= 4 is 16.0 Å². The third kappa shape index (κ3) is 6.31. The summed E-state index contributed by atoms with van der Waals surface area (Å²) >= 11 is 0. The third-order valence-corrected chi connectivity index (χ3v) is 7.32. The first kappa shape index (κ1) is 27.5. The summed E-state index contributed by atoms with van der Waals surface area (Å²) in [6, 6.07) is 17.2. The van der Waals surface area contributed by atoms with Crippen LogP contribution in [0.15, 0.2) is 60.7 Å². The van der Waals surface area contributed by atoms with Gasteiger partial charge in [0.1, 0.15) is 17.6 Å². The van der Waals surface area contributed by atoms with Gasteiger partial charge in [-0.25, -0.2) is 13.6 Å². The van der Waals surface area contributed by atoms with Gasteiger partial charge < -0.3 is 14.6 Å². The zero-order valence-electron chi connectivity index (χ0n) is 21.0. The van der Waals surface area contributed by atoms with E-state index < -0.39 is 39.9 Å². The van der Waals surface area contributed by atoms with Crippen LogP contribution in [0.25, 0.3) is 11.1 Å². The molecule has 3 aromatic carbocycles. The fraction of sp³-hybridized carbons (Fsp3) is 0.321. The second kappa shape index (κ2) is 10.7. The number of carboxylic acids is 1. The highest BCUT2D eigenvalue weighted by Gasteiger charge is 2.31. The molecule has 1 aliphatic rings. The van der Waals surface area contributed by atoms with Crippen molar-refractivity contribution in [3.05, 3.63) is 82.9 Å². The third-order valence-electron chi connectivity index (χ3n) is 6.58. The summed E-state index contributed by atoms with van der Waals surface area (Å²) in [4.78, 5) is 11.4. The van der Waals surface area contributed by atoms with Crippen LogP contribution in [0.2, 0.25) is 0 Å². The number of rotatable bonds is 10. The Morgan fingerprint density at radius 3 is 2.53 bits per heavy atom. The van der Waals surface area contributed by atoms with E-state index in [0.717, 1.165) is 11.1 Å². The monoisotopic (exact) mass is 545 g/mol. The van der Waals surface area contributed by atoms with Crippen molar-refractivity contribution in [1.29, 1.82) is 0 Å². The normalized spacial score (nSPS) is 14.9. The Hall–Kier alpha value is -3.50. The number of carbonyl (C=O) groups is 1. The Balaban J connectivity index is 1.73. The van der Waals surface area contributed by atoms with E-state index in [0.29, 0.717) is 47.3 Å². The second-order valence-electron chi connectivity index (χ2n) is 10.0. The Labute approximate surface area is 220 Å². The first-order valence-corrected chi connectivity index (χ1v) is 13.8. The summed E-state index contributed by atoms with van der Waals surface area (Å²) in [6.45, 7) is 0.356. The Morgan fingerprint density at radius 1 is 1.11 bits per heavy atom. The SMILES string of the molecule is CC(C)(CCCc1cccc(C2Oc3cccc(OC(F)F)c3-c3ccc(CS(N)(=O)=O)cc32)c1)C(=O)O. The molecule has 1 atom stereocenters. The van der Waals surface area contributed by atoms with Crippen LogP contribution in [0.3, 0.4) is 0 Å². The van der Waals surface area contributed by atoms with Gasteiger partial charge in [0.2, 0.25) is 10.0 Å². The van der Waals surface area contributed by atoms with Crippen LogP contribution in [0.1, 0.15) is 55.0 Å². The topological polar surface area (TPSA) is 116 Å². The minimum absolute atomic E-state index is 0.0498. The summed E-state index contributed by atoms with van der Waals surface area (Å²) in [7, 11) is -3.81. The number of hydrogen-bond acceptors (Lipinski definition) is 5. The fourth-order valence-corrected chi connectivity index (χ4v) is 5.28. The molecule has 4 rings (SSSR count). The van der Waals surface area contributed by atoms with E-state index in [2.05, 4.69) is 0 Å². The molecule has 0 radical (unpaired) electrons. The number of alkyl halides is 2. The smallest absolute Gasteiger partial charge is 0.387 e. The Bertz CT molecular complexity index is 1460. The van der Waals surface area contributed by atoms with Gasteiger partial charge in [0.15, 0.2) is 0 Å². The van der Waals surface area contributed by atoms with E-state index in [1.807, 2.05) is 24.3 Å². The zero-order chi connectivity index (χ0) is 27.7. The minimum atomic E-state index is -3.81. The average Bonchev–Trinajstić information content (AvgIpc) is 2.82. The van der Waals surface area contributed by atoms with Crippen LogP contribution in [-0.2, 0) is 27.0 Å². The van der Waals surface area contributed by atoms with E-state index in [-0.39, 0.29) is 5.75 Å². The summed E-state index contributed by atoms with van der Waals surface area (Å²) in [5.41, 5.74) is 2.89. The number of aliphatic carboxylic acids is 1. The molecule has 10 heteroatoms. The lowest BCUT2D eigenvalue weighted by atomic mass is 9.86. The molecule has 0 bridgehead atoms. The van der Waals surface area contributed by atoms with E-state index in [4.69, 9.17) is 14.6 Å². The van der Waals surface area contributed by atoms with Crippen molar-refractivity contribution in [2.45, 2.75) is 51.6 Å². The molecule has 38 heavy (non-hydrogen) atoms. The minimum Gasteiger partial charge on any atom is -0.481 e. The van der Waals surface area contributed by atoms with Crippen LogP contribution in [0.4, 0.5) is 8.78 Å². The lowest BCUT2D eigenvalue weighted by Gasteiger charge is -2.31. The first-order valence-electron chi connectivity index (χ1n) is 12.0. The van der Waals surface area contributed by atoms with Crippen molar-refractivity contribution in [3.8, 4) is 22.6 Å². The highest BCUT2D eigenvalue weighted by molar-refractivity contribution is 7.88. The molecule has 0 saturated carbocycles. The maximum Gasteiger partial charge on any atom is 0.387 e. The van der Waals surface area contributed by atoms with Gasteiger partial charge in [-0.2, -0.15) is 8.78 Å². The van der Waals surface area contributed by atoms with Gasteiger partial charge in [0.25, 0.3) is 0 Å². The number of halogens is 2. The molecule has 0 aliphatic carbocycles. The van der Waals surface area contributed by atoms with Gasteiger partial charge in [0, 0.05) is 5.56 Å². The molecule has 3 aromatic rings. The van der Waals surface area contributed by atoms with Gasteiger partial charge in [-0.1, -0.05) is 48.5 Å². The molecule has 0 fully saturated rings. The molecule has 0 amide bonds. The number of aryl methyl sites for hydroxylation is 1. The molecule has 0 saturated heterocycles. The van der Waals surface area contributed by atoms with Crippen LogP contribution in [0.5, 0.6) is 11.5 Å². The molecule has 202 valence electrons. The van der Waals surface area contributed by atoms with Crippen LogP contribution < -0.4 is 14.6 Å². The maximum absolute atomic E-state index is 13.1. The number of sulfonamides is 1. The second-order valence-corrected chi connectivity index (χ2v) is 11.6. The van der Waals surface area contributed by atoms with Crippen LogP contribution in [-0.4, -0.2) is 26.1 Å². The van der Waals surface area contributed by atoms with Gasteiger partial charge in [-0.05, 0) is 67.5 Å². The quantitative estimate of drug-likeness (QED) is 0.340. The zero-order valence-corrected chi connectivity index (χ0v) is 21.8. The predicted molar refractivity (Wildman–Crippen MR) is 139 cm³/mol. The largest absolute Gasteiger partial charge is 0.481 e. The van der Waals surface area contributed by atoms with Crippen LogP contribution >= 0.6 is 0 Å². The lowest BCUT2D eigenvalue weighted by molar-refractivity contribution is -0.147. The number of benzene rings is 3. The molecule has 0 aromatic heterocycles. The standard InChI is InChI=1S/C28H29F2NO6S/c1-28(2,26(32)33)13-5-7-17-6-3-8-19(14-17)25-21-15-18(16-38(31,34)35)11-12-20(21)24-22(36-25)9-4-10-23(24)37-27(29)30/h3-4,6,8-12,14-15,25,27H,5,7,13,16H2,1-2H3,(H,32,33)(H2,31,34,35). The summed E-state index contributed by atoms with van der Waals surface area (Å²) < 4.78 is 60.9. The number of primary sulfonamides is 1. The van der Waals surface area contributed by atoms with Crippen molar-refractivity contribution < 1.29 is 36.6 Å². The number of ether oxygens (including phenoxy) is 2. The van der Waals surface area contributed by atoms with Gasteiger partial charge in [0.05, 0.1) is 16.7 Å². The molecule has 0 spiro atoms. The van der Waals surface area contributed by atoms with Crippen molar-refractivity contribution in [2.75, 3.05) is 0 Å². The number of carboxylic acid groups (broad SMARTS) is 1. The molecule has 1 unspecified atom stereocenters. The van der Waals surface area contributed by atoms with Gasteiger partial charge in [-0.15, -0.1) is 0 Å². The highest BCUT2D eigenvalue weighted by Crippen LogP contribution is 2.49. The predicted octanol–water partition coefficient (Wildman–Crippen LogP) is 5.66. The number of fused-ring (bicyclic) bond motifs is 3. The maximum atomic E-state index is 13.1. The van der Waals surface area contributed by atoms with E-state index in [1.54, 1.807) is 44.2 Å². The number of hydrogen-bond donors (Lipinski definition) is 2. The molecular weight excluding hydrogens is 516 g/mol. The Kier molecular flexibility index (Phi) is 7.75. The van der Waals surface area contributed by atoms with Crippen molar-refractivity contribution in [2.24, 2.45) is 10.6 Å². The average molecular weight is 546 g/mol. The van der Waals surface area contributed by atoms with Gasteiger partial charge in [-0.3, -0.25) is 4.79 Å². The summed E-state index contributed by atoms with van der Waals surface area (Å²) in [5.74, 6) is -0.934. The van der Waals surface area contributed by atoms with Gasteiger partial charge >= 0.3 is 12.6 Å². The van der Waals surface area contributed by atoms with Crippen molar-refractivity contribution in [3.63, 3.8) is 0 Å². The van der Waals surface area contributed by atoms with Crippen LogP contribution in [0, 0.1) is 5.41 Å². The Morgan fingerprint density at radius 2 is 1.84 bits per heavy atom. The summed E-state index contributed by atoms with van der Waals surface area (Å²) in [6.07, 6.45) is 1.17. The van der Waals surface area contributed by atoms with E-state index in [9.17, 15) is 27.1 Å². The van der Waals surface area contributed by atoms with E-state index >= 15 is 0 Å². The lowest BCUT2D eigenvalue weighted by Crippen LogP contribution is -2.23. The molecule has 3 N–H and O–H groups in total. The molecule has 1 aliphatic heterocycles. The first-order chi connectivity index (χ1) is 17.8. The summed E-state index contributed by atoms with van der Waals surface area (Å²) in [5, 5.41) is 14.6. The molecule has 7 nitrogen and oxygen atoms in total. The molecule has 1 heterocycles. The fourth-order valence-electron chi connectivity index (χ4n) is 4.64. The van der Waals surface area contributed by atoms with E-state index in [1.165, 1.54) is 6.07 Å². The van der Waals surface area contributed by atoms with Crippen molar-refractivity contribution in [1.82, 2.24) is 0 Å². The number of nitrogens with two attached hydrogens (primary N) is 1.